The summed E-state index contributed by atoms with van der Waals surface area (Å²) in [5.74, 6) is 1.90. The van der Waals surface area contributed by atoms with Crippen LogP contribution in [-0.4, -0.2) is 27.5 Å². The predicted molar refractivity (Wildman–Crippen MR) is 86.9 cm³/mol. The van der Waals surface area contributed by atoms with Crippen molar-refractivity contribution in [2.24, 2.45) is 0 Å². The van der Waals surface area contributed by atoms with Crippen LogP contribution in [0.4, 0.5) is 5.82 Å². The number of halogens is 1. The first-order valence-electron chi connectivity index (χ1n) is 7.05. The fourth-order valence-electron chi connectivity index (χ4n) is 2.61. The van der Waals surface area contributed by atoms with Gasteiger partial charge in [-0.2, -0.15) is 11.8 Å². The summed E-state index contributed by atoms with van der Waals surface area (Å²) in [5, 5.41) is 4.33. The van der Waals surface area contributed by atoms with Crippen LogP contribution in [-0.2, 0) is 6.42 Å². The number of nitrogens with one attached hydrogen (secondary N) is 1. The number of aromatic nitrogens is 2. The van der Waals surface area contributed by atoms with Crippen LogP contribution in [0.5, 0.6) is 0 Å². The van der Waals surface area contributed by atoms with Crippen molar-refractivity contribution >= 4 is 33.5 Å². The molecule has 1 saturated carbocycles. The Balaban J connectivity index is 2.08. The van der Waals surface area contributed by atoms with E-state index in [1.807, 2.05) is 17.8 Å². The summed E-state index contributed by atoms with van der Waals surface area (Å²) in [5.41, 5.74) is 0. The summed E-state index contributed by atoms with van der Waals surface area (Å²) >= 11 is 5.46. The van der Waals surface area contributed by atoms with Gasteiger partial charge in [0.15, 0.2) is 0 Å². The number of nitrogens with zero attached hydrogens (tertiary/aromatic N) is 2. The quantitative estimate of drug-likeness (QED) is 0.809. The number of aryl methyl sites for hydroxylation is 1. The zero-order chi connectivity index (χ0) is 13.7. The van der Waals surface area contributed by atoms with E-state index in [9.17, 15) is 0 Å². The number of hydrogen-bond donors (Lipinski definition) is 1. The van der Waals surface area contributed by atoms with Crippen LogP contribution in [0.2, 0.25) is 0 Å². The Morgan fingerprint density at radius 1 is 1.37 bits per heavy atom. The van der Waals surface area contributed by atoms with Crippen molar-refractivity contribution in [2.75, 3.05) is 11.6 Å². The van der Waals surface area contributed by atoms with Gasteiger partial charge in [-0.3, -0.25) is 0 Å². The molecule has 1 aliphatic carbocycles. The van der Waals surface area contributed by atoms with E-state index in [1.165, 1.54) is 25.7 Å². The molecule has 0 spiro atoms. The summed E-state index contributed by atoms with van der Waals surface area (Å²) < 4.78 is 0.880. The van der Waals surface area contributed by atoms with E-state index in [1.54, 1.807) is 0 Å². The molecule has 1 N–H and O–H groups in total. The van der Waals surface area contributed by atoms with Gasteiger partial charge in [0, 0.05) is 23.8 Å². The largest absolute Gasteiger partial charge is 0.366 e. The Labute approximate surface area is 128 Å². The van der Waals surface area contributed by atoms with Crippen molar-refractivity contribution in [3.8, 4) is 0 Å². The summed E-state index contributed by atoms with van der Waals surface area (Å²) in [7, 11) is 0. The highest BCUT2D eigenvalue weighted by Crippen LogP contribution is 2.29. The fourth-order valence-corrected chi connectivity index (χ4v) is 3.96. The van der Waals surface area contributed by atoms with Gasteiger partial charge in [-0.05, 0) is 41.4 Å². The standard InChI is InChI=1S/C14H22BrN3S/c1-3-6-13-17-12(15)9-14(18-13)16-10-7-4-5-8-11(10)19-2/h9-11H,3-8H2,1-2H3,(H,16,17,18). The molecule has 1 aliphatic rings. The Kier molecular flexibility index (Phi) is 5.95. The van der Waals surface area contributed by atoms with E-state index >= 15 is 0 Å². The lowest BCUT2D eigenvalue weighted by atomic mass is 9.95. The van der Waals surface area contributed by atoms with E-state index in [0.717, 1.165) is 29.1 Å². The molecule has 0 aliphatic heterocycles. The van der Waals surface area contributed by atoms with Crippen molar-refractivity contribution < 1.29 is 0 Å². The minimum Gasteiger partial charge on any atom is -0.366 e. The second kappa shape index (κ2) is 7.48. The zero-order valence-corrected chi connectivity index (χ0v) is 14.1. The first-order valence-corrected chi connectivity index (χ1v) is 9.13. The minimum absolute atomic E-state index is 0.542. The summed E-state index contributed by atoms with van der Waals surface area (Å²) in [4.78, 5) is 9.04. The SMILES string of the molecule is CCCc1nc(Br)cc(NC2CCCCC2SC)n1. The van der Waals surface area contributed by atoms with E-state index < -0.39 is 0 Å². The zero-order valence-electron chi connectivity index (χ0n) is 11.7. The minimum atomic E-state index is 0.542. The molecule has 19 heavy (non-hydrogen) atoms. The molecule has 1 fully saturated rings. The third-order valence-electron chi connectivity index (χ3n) is 3.55. The second-order valence-corrected chi connectivity index (χ2v) is 6.94. The molecule has 3 nitrogen and oxygen atoms in total. The van der Waals surface area contributed by atoms with Gasteiger partial charge < -0.3 is 5.32 Å². The highest BCUT2D eigenvalue weighted by atomic mass is 79.9. The number of anilines is 1. The van der Waals surface area contributed by atoms with Gasteiger partial charge >= 0.3 is 0 Å². The lowest BCUT2D eigenvalue weighted by Crippen LogP contribution is -2.34. The molecule has 0 bridgehead atoms. The van der Waals surface area contributed by atoms with E-state index in [0.29, 0.717) is 11.3 Å². The number of thioether (sulfide) groups is 1. The van der Waals surface area contributed by atoms with Gasteiger partial charge in [0.25, 0.3) is 0 Å². The smallest absolute Gasteiger partial charge is 0.132 e. The van der Waals surface area contributed by atoms with Gasteiger partial charge in [0.2, 0.25) is 0 Å². The summed E-state index contributed by atoms with van der Waals surface area (Å²) in [6.45, 7) is 2.16. The molecule has 2 atom stereocenters. The monoisotopic (exact) mass is 343 g/mol. The molecule has 2 unspecified atom stereocenters. The molecule has 0 amide bonds. The van der Waals surface area contributed by atoms with Crippen LogP contribution >= 0.6 is 27.7 Å². The number of hydrogen-bond acceptors (Lipinski definition) is 4. The molecular weight excluding hydrogens is 322 g/mol. The highest BCUT2D eigenvalue weighted by Gasteiger charge is 2.24. The maximum Gasteiger partial charge on any atom is 0.132 e. The molecule has 0 aromatic carbocycles. The fraction of sp³-hybridized carbons (Fsp3) is 0.714. The molecular formula is C14H22BrN3S. The van der Waals surface area contributed by atoms with Crippen LogP contribution in [0.3, 0.4) is 0 Å². The van der Waals surface area contributed by atoms with Crippen LogP contribution in [0.25, 0.3) is 0 Å². The Morgan fingerprint density at radius 2 is 2.16 bits per heavy atom. The first kappa shape index (κ1) is 15.1. The predicted octanol–water partition coefficient (Wildman–Crippen LogP) is 4.28. The lowest BCUT2D eigenvalue weighted by molar-refractivity contribution is 0.474. The molecule has 106 valence electrons. The molecule has 5 heteroatoms. The molecule has 0 saturated heterocycles. The van der Waals surface area contributed by atoms with E-state index in [4.69, 9.17) is 0 Å². The van der Waals surface area contributed by atoms with Crippen LogP contribution in [0.1, 0.15) is 44.9 Å². The summed E-state index contributed by atoms with van der Waals surface area (Å²) in [6.07, 6.45) is 9.46. The molecule has 2 rings (SSSR count). The lowest BCUT2D eigenvalue weighted by Gasteiger charge is -2.31. The van der Waals surface area contributed by atoms with Gasteiger partial charge in [-0.15, -0.1) is 0 Å². The van der Waals surface area contributed by atoms with Crippen molar-refractivity contribution in [1.29, 1.82) is 0 Å². The van der Waals surface area contributed by atoms with Gasteiger partial charge in [-0.25, -0.2) is 9.97 Å². The second-order valence-electron chi connectivity index (χ2n) is 5.05. The maximum atomic E-state index is 4.62. The van der Waals surface area contributed by atoms with Gasteiger partial charge in [0.1, 0.15) is 16.2 Å². The maximum absolute atomic E-state index is 4.62. The van der Waals surface area contributed by atoms with Crippen LogP contribution < -0.4 is 5.32 Å². The Hall–Kier alpha value is -0.290. The molecule has 1 aromatic rings. The van der Waals surface area contributed by atoms with Crippen molar-refractivity contribution in [3.63, 3.8) is 0 Å². The molecule has 1 heterocycles. The Morgan fingerprint density at radius 3 is 2.89 bits per heavy atom. The van der Waals surface area contributed by atoms with Crippen molar-refractivity contribution in [1.82, 2.24) is 9.97 Å². The average molecular weight is 344 g/mol. The average Bonchev–Trinajstić information content (AvgIpc) is 2.39. The summed E-state index contributed by atoms with van der Waals surface area (Å²) in [6, 6.07) is 2.53. The van der Waals surface area contributed by atoms with Crippen molar-refractivity contribution in [2.45, 2.75) is 56.7 Å². The van der Waals surface area contributed by atoms with Crippen LogP contribution in [0.15, 0.2) is 10.7 Å². The van der Waals surface area contributed by atoms with E-state index in [-0.39, 0.29) is 0 Å². The third kappa shape index (κ3) is 4.35. The molecule has 0 radical (unpaired) electrons. The van der Waals surface area contributed by atoms with Crippen molar-refractivity contribution in [3.05, 3.63) is 16.5 Å². The normalized spacial score (nSPS) is 23.3. The highest BCUT2D eigenvalue weighted by molar-refractivity contribution is 9.10. The number of rotatable bonds is 5. The third-order valence-corrected chi connectivity index (χ3v) is 5.13. The molecule has 1 aromatic heterocycles. The van der Waals surface area contributed by atoms with Gasteiger partial charge in [-0.1, -0.05) is 19.8 Å². The first-order chi connectivity index (χ1) is 9.22. The van der Waals surface area contributed by atoms with E-state index in [2.05, 4.69) is 44.4 Å². The van der Waals surface area contributed by atoms with Crippen LogP contribution in [0, 0.1) is 0 Å². The Bertz CT molecular complexity index is 414. The topological polar surface area (TPSA) is 37.8 Å². The van der Waals surface area contributed by atoms with Gasteiger partial charge in [0.05, 0.1) is 0 Å².